The molecule has 1 fully saturated rings. The molecule has 0 aliphatic carbocycles. The van der Waals surface area contributed by atoms with Crippen molar-refractivity contribution in [2.75, 3.05) is 26.3 Å². The summed E-state index contributed by atoms with van der Waals surface area (Å²) in [5.41, 5.74) is 2.60. The van der Waals surface area contributed by atoms with Gasteiger partial charge in [0, 0.05) is 6.61 Å². The van der Waals surface area contributed by atoms with Crippen LogP contribution in [0.15, 0.2) is 18.2 Å². The van der Waals surface area contributed by atoms with Crippen molar-refractivity contribution in [2.45, 2.75) is 71.3 Å². The van der Waals surface area contributed by atoms with Crippen LogP contribution in [0.2, 0.25) is 0 Å². The Kier molecular flexibility index (Phi) is 8.62. The number of aryl methyl sites for hydroxylation is 1. The summed E-state index contributed by atoms with van der Waals surface area (Å²) < 4.78 is 11.7. The smallest absolute Gasteiger partial charge is 0.122 e. The summed E-state index contributed by atoms with van der Waals surface area (Å²) in [5, 5.41) is 2.42. The summed E-state index contributed by atoms with van der Waals surface area (Å²) >= 11 is 0. The van der Waals surface area contributed by atoms with E-state index in [0.717, 1.165) is 31.9 Å². The fourth-order valence-electron chi connectivity index (χ4n) is 3.30. The maximum absolute atomic E-state index is 6.05. The number of hydrogen-bond acceptors (Lipinski definition) is 2. The first kappa shape index (κ1) is 19.3. The lowest BCUT2D eigenvalue weighted by molar-refractivity contribution is -0.661. The number of nitrogens with two attached hydrogens (primary N) is 1. The Bertz CT molecular complexity index is 467. The van der Waals surface area contributed by atoms with Crippen LogP contribution in [0.3, 0.4) is 0 Å². The summed E-state index contributed by atoms with van der Waals surface area (Å²) in [7, 11) is 0. The molecule has 2 N–H and O–H groups in total. The zero-order chi connectivity index (χ0) is 17.2. The van der Waals surface area contributed by atoms with Crippen molar-refractivity contribution < 1.29 is 14.8 Å². The van der Waals surface area contributed by atoms with Gasteiger partial charge in [0.05, 0.1) is 13.2 Å². The van der Waals surface area contributed by atoms with Gasteiger partial charge in [0.2, 0.25) is 0 Å². The van der Waals surface area contributed by atoms with Crippen molar-refractivity contribution in [3.05, 3.63) is 29.3 Å². The highest BCUT2D eigenvalue weighted by Gasteiger charge is 2.16. The van der Waals surface area contributed by atoms with Crippen LogP contribution in [0.25, 0.3) is 0 Å². The van der Waals surface area contributed by atoms with Gasteiger partial charge in [-0.1, -0.05) is 26.0 Å². The van der Waals surface area contributed by atoms with E-state index in [9.17, 15) is 0 Å². The second-order valence-corrected chi connectivity index (χ2v) is 7.41. The number of ether oxygens (including phenoxy) is 2. The number of rotatable bonds is 11. The van der Waals surface area contributed by atoms with Gasteiger partial charge in [0.25, 0.3) is 0 Å². The molecule has 1 aromatic carbocycles. The number of quaternary nitrogens is 1. The molecule has 3 nitrogen and oxygen atoms in total. The van der Waals surface area contributed by atoms with Crippen molar-refractivity contribution >= 4 is 0 Å². The molecule has 1 aliphatic rings. The van der Waals surface area contributed by atoms with E-state index in [1.54, 1.807) is 0 Å². The number of hydrogen-bond donors (Lipinski definition) is 1. The van der Waals surface area contributed by atoms with E-state index >= 15 is 0 Å². The van der Waals surface area contributed by atoms with Crippen molar-refractivity contribution in [2.24, 2.45) is 0 Å². The highest BCUT2D eigenvalue weighted by atomic mass is 16.5. The van der Waals surface area contributed by atoms with Crippen LogP contribution >= 0.6 is 0 Å². The lowest BCUT2D eigenvalue weighted by Crippen LogP contribution is -2.86. The van der Waals surface area contributed by atoms with Crippen LogP contribution in [0, 0.1) is 6.92 Å². The highest BCUT2D eigenvalue weighted by Crippen LogP contribution is 2.27. The molecular weight excluding hydrogens is 298 g/mol. The van der Waals surface area contributed by atoms with E-state index < -0.39 is 0 Å². The standard InChI is InChI=1S/C21H35NO2/c1-17(2)20-11-10-18(3)15-21(20)24-13-7-5-4-6-12-22-16-19-9-8-14-23-19/h10-11,15,17,19,22H,4-9,12-14,16H2,1-3H3/p+1/t19-/m1/s1. The van der Waals surface area contributed by atoms with Crippen molar-refractivity contribution in [3.63, 3.8) is 0 Å². The average Bonchev–Trinajstić information content (AvgIpc) is 3.06. The van der Waals surface area contributed by atoms with E-state index in [0.29, 0.717) is 12.0 Å². The SMILES string of the molecule is Cc1ccc(C(C)C)c(OCCCCCC[NH2+]C[C@H]2CCCO2)c1. The molecule has 0 saturated carbocycles. The van der Waals surface area contributed by atoms with Gasteiger partial charge >= 0.3 is 0 Å². The fourth-order valence-corrected chi connectivity index (χ4v) is 3.30. The van der Waals surface area contributed by atoms with Gasteiger partial charge in [-0.15, -0.1) is 0 Å². The third-order valence-corrected chi connectivity index (χ3v) is 4.80. The second-order valence-electron chi connectivity index (χ2n) is 7.41. The molecule has 1 aliphatic heterocycles. The van der Waals surface area contributed by atoms with Crippen LogP contribution in [0.4, 0.5) is 0 Å². The van der Waals surface area contributed by atoms with Gasteiger partial charge < -0.3 is 14.8 Å². The quantitative estimate of drug-likeness (QED) is 0.625. The Morgan fingerprint density at radius 1 is 1.21 bits per heavy atom. The predicted molar refractivity (Wildman–Crippen MR) is 99.9 cm³/mol. The Morgan fingerprint density at radius 2 is 2.04 bits per heavy atom. The molecule has 0 spiro atoms. The molecule has 1 atom stereocenters. The maximum Gasteiger partial charge on any atom is 0.122 e. The van der Waals surface area contributed by atoms with Crippen LogP contribution in [0.5, 0.6) is 5.75 Å². The molecule has 136 valence electrons. The van der Waals surface area contributed by atoms with Gasteiger partial charge in [-0.3, -0.25) is 0 Å². The van der Waals surface area contributed by atoms with Gasteiger partial charge in [0.15, 0.2) is 0 Å². The molecule has 24 heavy (non-hydrogen) atoms. The summed E-state index contributed by atoms with van der Waals surface area (Å²) in [6.07, 6.45) is 8.03. The minimum Gasteiger partial charge on any atom is -0.493 e. The lowest BCUT2D eigenvalue weighted by Gasteiger charge is -2.14. The van der Waals surface area contributed by atoms with E-state index in [1.165, 1.54) is 49.8 Å². The van der Waals surface area contributed by atoms with Crippen LogP contribution < -0.4 is 10.1 Å². The molecule has 0 aromatic heterocycles. The molecule has 0 unspecified atom stereocenters. The fraction of sp³-hybridized carbons (Fsp3) is 0.714. The second kappa shape index (κ2) is 10.7. The third-order valence-electron chi connectivity index (χ3n) is 4.80. The molecule has 2 rings (SSSR count). The Hall–Kier alpha value is -1.06. The molecule has 0 radical (unpaired) electrons. The van der Waals surface area contributed by atoms with E-state index in [1.807, 2.05) is 0 Å². The van der Waals surface area contributed by atoms with Crippen molar-refractivity contribution in [1.29, 1.82) is 0 Å². The molecule has 0 bridgehead atoms. The largest absolute Gasteiger partial charge is 0.493 e. The van der Waals surface area contributed by atoms with Crippen LogP contribution in [-0.4, -0.2) is 32.4 Å². The van der Waals surface area contributed by atoms with E-state index in [4.69, 9.17) is 9.47 Å². The molecule has 1 aromatic rings. The number of unbranched alkanes of at least 4 members (excludes halogenated alkanes) is 3. The first-order valence-electron chi connectivity index (χ1n) is 9.83. The van der Waals surface area contributed by atoms with Crippen molar-refractivity contribution in [1.82, 2.24) is 0 Å². The zero-order valence-electron chi connectivity index (χ0n) is 15.9. The first-order chi connectivity index (χ1) is 11.7. The topological polar surface area (TPSA) is 35.1 Å². The molecule has 1 saturated heterocycles. The Balaban J connectivity index is 1.51. The van der Waals surface area contributed by atoms with Crippen molar-refractivity contribution in [3.8, 4) is 5.75 Å². The average molecular weight is 335 g/mol. The minimum atomic E-state index is 0.514. The summed E-state index contributed by atoms with van der Waals surface area (Å²) in [6, 6.07) is 6.56. The normalized spacial score (nSPS) is 17.6. The minimum absolute atomic E-state index is 0.514. The maximum atomic E-state index is 6.05. The highest BCUT2D eigenvalue weighted by molar-refractivity contribution is 5.39. The predicted octanol–water partition coefficient (Wildman–Crippen LogP) is 3.80. The van der Waals surface area contributed by atoms with E-state index in [2.05, 4.69) is 44.3 Å². The van der Waals surface area contributed by atoms with Crippen LogP contribution in [0.1, 0.15) is 69.4 Å². The molecule has 1 heterocycles. The monoisotopic (exact) mass is 334 g/mol. The molecule has 0 amide bonds. The zero-order valence-corrected chi connectivity index (χ0v) is 15.9. The summed E-state index contributed by atoms with van der Waals surface area (Å²) in [6.45, 7) is 10.8. The summed E-state index contributed by atoms with van der Waals surface area (Å²) in [4.78, 5) is 0. The van der Waals surface area contributed by atoms with Gasteiger partial charge in [0.1, 0.15) is 18.4 Å². The van der Waals surface area contributed by atoms with E-state index in [-0.39, 0.29) is 0 Å². The van der Waals surface area contributed by atoms with Crippen LogP contribution in [-0.2, 0) is 4.74 Å². The Labute approximate surface area is 148 Å². The van der Waals surface area contributed by atoms with Gasteiger partial charge in [-0.05, 0) is 68.6 Å². The number of benzene rings is 1. The Morgan fingerprint density at radius 3 is 2.79 bits per heavy atom. The molecule has 3 heteroatoms. The van der Waals surface area contributed by atoms with Gasteiger partial charge in [-0.2, -0.15) is 0 Å². The van der Waals surface area contributed by atoms with Gasteiger partial charge in [-0.25, -0.2) is 0 Å². The third kappa shape index (κ3) is 6.82. The summed E-state index contributed by atoms with van der Waals surface area (Å²) in [5.74, 6) is 1.59. The molecular formula is C21H36NO2+. The lowest BCUT2D eigenvalue weighted by atomic mass is 10.0. The first-order valence-corrected chi connectivity index (χ1v) is 9.83.